The quantitative estimate of drug-likeness (QED) is 0.544. The maximum absolute atomic E-state index is 9.41. The van der Waals surface area contributed by atoms with E-state index in [1.54, 1.807) is 25.2 Å². The maximum Gasteiger partial charge on any atom is 0.182 e. The lowest BCUT2D eigenvalue weighted by molar-refractivity contribution is 0.0678. The van der Waals surface area contributed by atoms with Gasteiger partial charge in [0.15, 0.2) is 10.8 Å². The SMILES string of the molecule is COC(CSc1ccccc1CO)n1cnc2ncnc(Cl)c21. The Morgan fingerprint density at radius 3 is 2.91 bits per heavy atom. The molecule has 1 atom stereocenters. The summed E-state index contributed by atoms with van der Waals surface area (Å²) in [6.07, 6.45) is 2.76. The van der Waals surface area contributed by atoms with Gasteiger partial charge in [0.1, 0.15) is 18.1 Å². The lowest BCUT2D eigenvalue weighted by Gasteiger charge is -2.18. The number of thioether (sulfide) groups is 1. The number of aliphatic hydroxyl groups is 1. The Hall–Kier alpha value is -1.67. The minimum absolute atomic E-state index is 0.00843. The molecule has 0 saturated heterocycles. The molecule has 6 nitrogen and oxygen atoms in total. The number of benzene rings is 1. The first-order valence-electron chi connectivity index (χ1n) is 6.92. The summed E-state index contributed by atoms with van der Waals surface area (Å²) < 4.78 is 7.40. The van der Waals surface area contributed by atoms with Gasteiger partial charge >= 0.3 is 0 Å². The number of hydrogen-bond acceptors (Lipinski definition) is 6. The third-order valence-electron chi connectivity index (χ3n) is 3.43. The second kappa shape index (κ2) is 7.27. The van der Waals surface area contributed by atoms with Crippen LogP contribution in [0.15, 0.2) is 41.8 Å². The van der Waals surface area contributed by atoms with Gasteiger partial charge in [0, 0.05) is 17.8 Å². The van der Waals surface area contributed by atoms with Crippen molar-refractivity contribution in [3.05, 3.63) is 47.6 Å². The molecular formula is C15H15ClN4O2S. The smallest absolute Gasteiger partial charge is 0.182 e. The van der Waals surface area contributed by atoms with Gasteiger partial charge in [-0.05, 0) is 11.6 Å². The van der Waals surface area contributed by atoms with Gasteiger partial charge in [-0.3, -0.25) is 4.57 Å². The summed E-state index contributed by atoms with van der Waals surface area (Å²) in [6, 6.07) is 7.73. The molecule has 0 bridgehead atoms. The molecule has 1 N–H and O–H groups in total. The Morgan fingerprint density at radius 2 is 2.13 bits per heavy atom. The number of nitrogens with zero attached hydrogens (tertiary/aromatic N) is 4. The first kappa shape index (κ1) is 16.2. The summed E-state index contributed by atoms with van der Waals surface area (Å²) >= 11 is 7.76. The fourth-order valence-electron chi connectivity index (χ4n) is 2.26. The summed E-state index contributed by atoms with van der Waals surface area (Å²) in [6.45, 7) is 0.00843. The van der Waals surface area contributed by atoms with Crippen LogP contribution in [0.1, 0.15) is 11.8 Å². The predicted molar refractivity (Wildman–Crippen MR) is 89.5 cm³/mol. The molecule has 0 aliphatic carbocycles. The molecule has 0 aliphatic rings. The number of aromatic nitrogens is 4. The molecule has 3 rings (SSSR count). The van der Waals surface area contributed by atoms with Crippen molar-refractivity contribution < 1.29 is 9.84 Å². The summed E-state index contributed by atoms with van der Waals surface area (Å²) in [5, 5.41) is 9.75. The molecule has 8 heteroatoms. The first-order valence-corrected chi connectivity index (χ1v) is 8.28. The lowest BCUT2D eigenvalue weighted by atomic mass is 10.2. The van der Waals surface area contributed by atoms with Crippen LogP contribution in [0, 0.1) is 0 Å². The van der Waals surface area contributed by atoms with Crippen molar-refractivity contribution >= 4 is 34.5 Å². The molecule has 0 fully saturated rings. The molecule has 0 spiro atoms. The summed E-state index contributed by atoms with van der Waals surface area (Å²) in [4.78, 5) is 13.4. The van der Waals surface area contributed by atoms with Crippen LogP contribution < -0.4 is 0 Å². The van der Waals surface area contributed by atoms with Crippen molar-refractivity contribution in [2.24, 2.45) is 0 Å². The Morgan fingerprint density at radius 1 is 1.30 bits per heavy atom. The summed E-state index contributed by atoms with van der Waals surface area (Å²) in [7, 11) is 1.63. The van der Waals surface area contributed by atoms with E-state index in [9.17, 15) is 5.11 Å². The summed E-state index contributed by atoms with van der Waals surface area (Å²) in [5.41, 5.74) is 2.08. The number of imidazole rings is 1. The number of fused-ring (bicyclic) bond motifs is 1. The Kier molecular flexibility index (Phi) is 5.12. The van der Waals surface area contributed by atoms with E-state index in [0.717, 1.165) is 10.5 Å². The van der Waals surface area contributed by atoms with Crippen molar-refractivity contribution in [2.45, 2.75) is 17.7 Å². The number of ether oxygens (including phenoxy) is 1. The fourth-order valence-corrected chi connectivity index (χ4v) is 3.59. The van der Waals surface area contributed by atoms with Crippen LogP contribution in [-0.2, 0) is 11.3 Å². The van der Waals surface area contributed by atoms with Crippen LogP contribution >= 0.6 is 23.4 Å². The lowest BCUT2D eigenvalue weighted by Crippen LogP contribution is -2.13. The van der Waals surface area contributed by atoms with Gasteiger partial charge in [-0.15, -0.1) is 11.8 Å². The van der Waals surface area contributed by atoms with Gasteiger partial charge in [0.05, 0.1) is 12.9 Å². The molecule has 0 amide bonds. The Balaban J connectivity index is 1.85. The number of methoxy groups -OCH3 is 1. The molecule has 1 unspecified atom stereocenters. The van der Waals surface area contributed by atoms with Gasteiger partial charge in [-0.2, -0.15) is 0 Å². The average molecular weight is 351 g/mol. The highest BCUT2D eigenvalue weighted by Crippen LogP contribution is 2.29. The van der Waals surface area contributed by atoms with Crippen LogP contribution in [0.2, 0.25) is 5.15 Å². The normalized spacial score (nSPS) is 12.7. The molecular weight excluding hydrogens is 336 g/mol. The number of hydrogen-bond donors (Lipinski definition) is 1. The highest BCUT2D eigenvalue weighted by molar-refractivity contribution is 7.99. The monoisotopic (exact) mass is 350 g/mol. The molecule has 2 aromatic heterocycles. The fraction of sp³-hybridized carbons (Fsp3) is 0.267. The molecule has 3 aromatic rings. The number of halogens is 1. The molecule has 0 radical (unpaired) electrons. The van der Waals surface area contributed by atoms with Gasteiger partial charge in [0.2, 0.25) is 0 Å². The Labute approximate surface area is 142 Å². The third-order valence-corrected chi connectivity index (χ3v) is 4.87. The van der Waals surface area contributed by atoms with Crippen molar-refractivity contribution in [3.8, 4) is 0 Å². The van der Waals surface area contributed by atoms with E-state index in [4.69, 9.17) is 16.3 Å². The minimum Gasteiger partial charge on any atom is -0.392 e. The molecule has 2 heterocycles. The van der Waals surface area contributed by atoms with Crippen LogP contribution in [-0.4, -0.2) is 37.5 Å². The second-order valence-electron chi connectivity index (χ2n) is 4.76. The van der Waals surface area contributed by atoms with Crippen molar-refractivity contribution in [2.75, 3.05) is 12.9 Å². The third kappa shape index (κ3) is 3.32. The van der Waals surface area contributed by atoms with Crippen LogP contribution in [0.5, 0.6) is 0 Å². The van der Waals surface area contributed by atoms with E-state index in [-0.39, 0.29) is 12.8 Å². The van der Waals surface area contributed by atoms with Gasteiger partial charge in [-0.1, -0.05) is 29.8 Å². The van der Waals surface area contributed by atoms with E-state index >= 15 is 0 Å². The van der Waals surface area contributed by atoms with E-state index in [1.807, 2.05) is 28.8 Å². The Bertz CT molecular complexity index is 811. The van der Waals surface area contributed by atoms with E-state index in [2.05, 4.69) is 15.0 Å². The number of rotatable bonds is 6. The zero-order valence-corrected chi connectivity index (χ0v) is 14.0. The van der Waals surface area contributed by atoms with Crippen LogP contribution in [0.25, 0.3) is 11.2 Å². The van der Waals surface area contributed by atoms with Gasteiger partial charge in [0.25, 0.3) is 0 Å². The standard InChI is InChI=1S/C15H15ClN4O2S/c1-22-12(7-23-11-5-3-2-4-10(11)6-21)20-9-19-15-13(20)14(16)17-8-18-15/h2-5,8-9,12,21H,6-7H2,1H3. The topological polar surface area (TPSA) is 73.1 Å². The van der Waals surface area contributed by atoms with E-state index < -0.39 is 0 Å². The van der Waals surface area contributed by atoms with Gasteiger partial charge < -0.3 is 9.84 Å². The zero-order valence-electron chi connectivity index (χ0n) is 12.4. The maximum atomic E-state index is 9.41. The van der Waals surface area contributed by atoms with Crippen molar-refractivity contribution in [1.29, 1.82) is 0 Å². The average Bonchev–Trinajstić information content (AvgIpc) is 3.01. The molecule has 0 saturated carbocycles. The predicted octanol–water partition coefficient (Wildman–Crippen LogP) is 2.91. The van der Waals surface area contributed by atoms with Crippen LogP contribution in [0.4, 0.5) is 0 Å². The largest absolute Gasteiger partial charge is 0.392 e. The first-order chi connectivity index (χ1) is 11.2. The van der Waals surface area contributed by atoms with Gasteiger partial charge in [-0.25, -0.2) is 15.0 Å². The highest BCUT2D eigenvalue weighted by Gasteiger charge is 2.17. The minimum atomic E-state index is -0.278. The molecule has 120 valence electrons. The highest BCUT2D eigenvalue weighted by atomic mass is 35.5. The molecule has 1 aromatic carbocycles. The van der Waals surface area contributed by atoms with E-state index in [0.29, 0.717) is 22.1 Å². The second-order valence-corrected chi connectivity index (χ2v) is 6.18. The van der Waals surface area contributed by atoms with Crippen molar-refractivity contribution in [3.63, 3.8) is 0 Å². The van der Waals surface area contributed by atoms with E-state index in [1.165, 1.54) is 6.33 Å². The number of aliphatic hydroxyl groups excluding tert-OH is 1. The van der Waals surface area contributed by atoms with Crippen LogP contribution in [0.3, 0.4) is 0 Å². The zero-order chi connectivity index (χ0) is 16.2. The summed E-state index contributed by atoms with van der Waals surface area (Å²) in [5.74, 6) is 0.629. The molecule has 23 heavy (non-hydrogen) atoms. The molecule has 0 aliphatic heterocycles. The van der Waals surface area contributed by atoms with Crippen molar-refractivity contribution in [1.82, 2.24) is 19.5 Å².